The van der Waals surface area contributed by atoms with E-state index in [1.165, 1.54) is 12.1 Å². The summed E-state index contributed by atoms with van der Waals surface area (Å²) in [6, 6.07) is 6.89. The van der Waals surface area contributed by atoms with E-state index in [0.717, 1.165) is 30.9 Å². The minimum absolute atomic E-state index is 0.193. The number of carbonyl (C=O) groups is 1. The number of alkyl halides is 3. The number of benzene rings is 1. The first-order chi connectivity index (χ1) is 13.3. The fourth-order valence-corrected chi connectivity index (χ4v) is 3.15. The Balaban J connectivity index is 1.46. The summed E-state index contributed by atoms with van der Waals surface area (Å²) in [5, 5.41) is 3.26. The molecule has 1 saturated heterocycles. The third-order valence-corrected chi connectivity index (χ3v) is 4.49. The van der Waals surface area contributed by atoms with Gasteiger partial charge in [0.05, 0.1) is 17.3 Å². The molecule has 28 heavy (non-hydrogen) atoms. The highest BCUT2D eigenvalue weighted by atomic mass is 35.5. The van der Waals surface area contributed by atoms with Crippen LogP contribution in [0.1, 0.15) is 0 Å². The van der Waals surface area contributed by atoms with Gasteiger partial charge in [-0.05, 0) is 30.3 Å². The van der Waals surface area contributed by atoms with Crippen LogP contribution in [0.3, 0.4) is 0 Å². The van der Waals surface area contributed by atoms with Gasteiger partial charge in [-0.3, -0.25) is 14.7 Å². The number of nitrogens with one attached hydrogen (secondary N) is 1. The zero-order chi connectivity index (χ0) is 20.1. The first kappa shape index (κ1) is 20.2. The molecule has 1 aliphatic rings. The van der Waals surface area contributed by atoms with Crippen molar-refractivity contribution in [2.75, 3.05) is 42.9 Å². The molecule has 0 bridgehead atoms. The summed E-state index contributed by atoms with van der Waals surface area (Å²) in [6.07, 6.45) is -1.46. The number of halogens is 4. The van der Waals surface area contributed by atoms with E-state index in [9.17, 15) is 18.0 Å². The SMILES string of the molecule is O=C(CN1CCN(c2ccncc2Cl)CC1)Nc1ccc(OC(F)(F)F)cc1. The second kappa shape index (κ2) is 8.66. The molecular weight excluding hydrogens is 397 g/mol. The lowest BCUT2D eigenvalue weighted by Gasteiger charge is -2.36. The summed E-state index contributed by atoms with van der Waals surface area (Å²) in [5.74, 6) is -0.573. The molecule has 3 rings (SSSR count). The average Bonchev–Trinajstić information content (AvgIpc) is 2.63. The Hall–Kier alpha value is -2.52. The Morgan fingerprint density at radius 2 is 1.82 bits per heavy atom. The van der Waals surface area contributed by atoms with Gasteiger partial charge in [0.25, 0.3) is 0 Å². The van der Waals surface area contributed by atoms with E-state index in [2.05, 4.69) is 19.9 Å². The first-order valence-electron chi connectivity index (χ1n) is 8.53. The number of aromatic nitrogens is 1. The van der Waals surface area contributed by atoms with Gasteiger partial charge >= 0.3 is 6.36 Å². The van der Waals surface area contributed by atoms with Crippen molar-refractivity contribution >= 4 is 28.9 Å². The van der Waals surface area contributed by atoms with Crippen LogP contribution in [0.2, 0.25) is 5.02 Å². The van der Waals surface area contributed by atoms with E-state index in [4.69, 9.17) is 11.6 Å². The Morgan fingerprint density at radius 1 is 1.14 bits per heavy atom. The number of amides is 1. The van der Waals surface area contributed by atoms with E-state index in [-0.39, 0.29) is 18.2 Å². The number of nitrogens with zero attached hydrogens (tertiary/aromatic N) is 3. The van der Waals surface area contributed by atoms with Crippen LogP contribution in [-0.4, -0.2) is 54.9 Å². The molecule has 0 spiro atoms. The highest BCUT2D eigenvalue weighted by Gasteiger charge is 2.31. The second-order valence-corrected chi connectivity index (χ2v) is 6.62. The summed E-state index contributed by atoms with van der Waals surface area (Å²) in [4.78, 5) is 20.3. The molecule has 0 saturated carbocycles. The quantitative estimate of drug-likeness (QED) is 0.812. The van der Waals surface area contributed by atoms with Gasteiger partial charge in [-0.1, -0.05) is 11.6 Å². The number of piperazine rings is 1. The average molecular weight is 415 g/mol. The van der Waals surface area contributed by atoms with Crippen LogP contribution in [0, 0.1) is 0 Å². The van der Waals surface area contributed by atoms with Crippen LogP contribution < -0.4 is 15.0 Å². The van der Waals surface area contributed by atoms with Crippen LogP contribution in [0.4, 0.5) is 24.5 Å². The van der Waals surface area contributed by atoms with E-state index >= 15 is 0 Å². The molecule has 1 aliphatic heterocycles. The molecule has 0 radical (unpaired) electrons. The van der Waals surface area contributed by atoms with Gasteiger partial charge in [0, 0.05) is 44.3 Å². The monoisotopic (exact) mass is 414 g/mol. The maximum Gasteiger partial charge on any atom is 0.573 e. The van der Waals surface area contributed by atoms with Gasteiger partial charge in [0.1, 0.15) is 5.75 Å². The molecule has 1 aromatic carbocycles. The van der Waals surface area contributed by atoms with Crippen molar-refractivity contribution in [1.82, 2.24) is 9.88 Å². The van der Waals surface area contributed by atoms with Crippen molar-refractivity contribution < 1.29 is 22.7 Å². The van der Waals surface area contributed by atoms with Crippen LogP contribution in [0.5, 0.6) is 5.75 Å². The number of ether oxygens (including phenoxy) is 1. The van der Waals surface area contributed by atoms with E-state index in [0.29, 0.717) is 23.8 Å². The molecule has 0 aliphatic carbocycles. The Kier molecular flexibility index (Phi) is 6.25. The van der Waals surface area contributed by atoms with E-state index < -0.39 is 6.36 Å². The Morgan fingerprint density at radius 3 is 2.43 bits per heavy atom. The lowest BCUT2D eigenvalue weighted by molar-refractivity contribution is -0.274. The van der Waals surface area contributed by atoms with Gasteiger partial charge in [0.2, 0.25) is 5.91 Å². The lowest BCUT2D eigenvalue weighted by atomic mass is 10.2. The predicted molar refractivity (Wildman–Crippen MR) is 99.7 cm³/mol. The third kappa shape index (κ3) is 5.74. The maximum absolute atomic E-state index is 12.2. The molecule has 150 valence electrons. The van der Waals surface area contributed by atoms with Crippen molar-refractivity contribution in [1.29, 1.82) is 0 Å². The van der Waals surface area contributed by atoms with Crippen molar-refractivity contribution in [2.24, 2.45) is 0 Å². The fourth-order valence-electron chi connectivity index (χ4n) is 2.91. The van der Waals surface area contributed by atoms with Crippen molar-refractivity contribution in [3.63, 3.8) is 0 Å². The zero-order valence-corrected chi connectivity index (χ0v) is 15.5. The summed E-state index contributed by atoms with van der Waals surface area (Å²) in [5.41, 5.74) is 1.32. The highest BCUT2D eigenvalue weighted by molar-refractivity contribution is 6.33. The van der Waals surface area contributed by atoms with Gasteiger partial charge in [-0.25, -0.2) is 0 Å². The molecule has 1 amide bonds. The van der Waals surface area contributed by atoms with Crippen molar-refractivity contribution in [3.05, 3.63) is 47.7 Å². The third-order valence-electron chi connectivity index (χ3n) is 4.20. The molecule has 2 aromatic rings. The van der Waals surface area contributed by atoms with Gasteiger partial charge in [-0.15, -0.1) is 13.2 Å². The molecule has 1 N–H and O–H groups in total. The minimum Gasteiger partial charge on any atom is -0.406 e. The topological polar surface area (TPSA) is 57.7 Å². The lowest BCUT2D eigenvalue weighted by Crippen LogP contribution is -2.48. The number of hydrogen-bond donors (Lipinski definition) is 1. The second-order valence-electron chi connectivity index (χ2n) is 6.21. The molecule has 2 heterocycles. The smallest absolute Gasteiger partial charge is 0.406 e. The number of rotatable bonds is 5. The first-order valence-corrected chi connectivity index (χ1v) is 8.90. The summed E-state index contributed by atoms with van der Waals surface area (Å²) >= 11 is 6.16. The number of carbonyl (C=O) groups excluding carboxylic acids is 1. The molecule has 0 unspecified atom stereocenters. The number of pyridine rings is 1. The van der Waals surface area contributed by atoms with Gasteiger partial charge in [0.15, 0.2) is 0 Å². The van der Waals surface area contributed by atoms with Crippen LogP contribution in [0.15, 0.2) is 42.7 Å². The molecule has 0 atom stereocenters. The number of hydrogen-bond acceptors (Lipinski definition) is 5. The normalized spacial score (nSPS) is 15.4. The maximum atomic E-state index is 12.2. The largest absolute Gasteiger partial charge is 0.573 e. The van der Waals surface area contributed by atoms with E-state index in [1.54, 1.807) is 12.4 Å². The standard InChI is InChI=1S/C18H18ClF3N4O2/c19-15-11-23-6-5-16(15)26-9-7-25(8-10-26)12-17(27)24-13-1-3-14(4-2-13)28-18(20,21)22/h1-6,11H,7-10,12H2,(H,24,27). The summed E-state index contributed by atoms with van der Waals surface area (Å²) in [7, 11) is 0. The molecule has 1 aromatic heterocycles. The van der Waals surface area contributed by atoms with Gasteiger partial charge < -0.3 is 15.0 Å². The number of anilines is 2. The zero-order valence-electron chi connectivity index (χ0n) is 14.7. The summed E-state index contributed by atoms with van der Waals surface area (Å²) in [6.45, 7) is 3.01. The molecule has 10 heteroatoms. The van der Waals surface area contributed by atoms with E-state index in [1.807, 2.05) is 11.0 Å². The fraction of sp³-hybridized carbons (Fsp3) is 0.333. The summed E-state index contributed by atoms with van der Waals surface area (Å²) < 4.78 is 40.3. The predicted octanol–water partition coefficient (Wildman–Crippen LogP) is 3.39. The molecular formula is C18H18ClF3N4O2. The Bertz CT molecular complexity index is 809. The van der Waals surface area contributed by atoms with Crippen molar-refractivity contribution in [2.45, 2.75) is 6.36 Å². The van der Waals surface area contributed by atoms with Gasteiger partial charge in [-0.2, -0.15) is 0 Å². The molecule has 1 fully saturated rings. The highest BCUT2D eigenvalue weighted by Crippen LogP contribution is 2.25. The van der Waals surface area contributed by atoms with Crippen LogP contribution in [0.25, 0.3) is 0 Å². The van der Waals surface area contributed by atoms with Crippen LogP contribution >= 0.6 is 11.6 Å². The van der Waals surface area contributed by atoms with Crippen LogP contribution in [-0.2, 0) is 4.79 Å². The van der Waals surface area contributed by atoms with Crippen molar-refractivity contribution in [3.8, 4) is 5.75 Å². The molecule has 6 nitrogen and oxygen atoms in total. The minimum atomic E-state index is -4.74. The Labute approximate surface area is 164 Å².